The number of amides is 1. The average Bonchev–Trinajstić information content (AvgIpc) is 3.27. The first-order chi connectivity index (χ1) is 13.7. The van der Waals surface area contributed by atoms with Crippen LogP contribution in [0.25, 0.3) is 21.6 Å². The lowest BCUT2D eigenvalue weighted by Gasteiger charge is -2.31. The molecule has 1 amide bonds. The van der Waals surface area contributed by atoms with Gasteiger partial charge in [0.2, 0.25) is 5.91 Å². The van der Waals surface area contributed by atoms with Crippen molar-refractivity contribution in [2.24, 2.45) is 0 Å². The highest BCUT2D eigenvalue weighted by Crippen LogP contribution is 2.31. The molecule has 7 heteroatoms. The van der Waals surface area contributed by atoms with Gasteiger partial charge >= 0.3 is 0 Å². The number of hydrogen-bond donors (Lipinski definition) is 1. The van der Waals surface area contributed by atoms with Crippen molar-refractivity contribution in [2.75, 3.05) is 5.75 Å². The summed E-state index contributed by atoms with van der Waals surface area (Å²) in [6.45, 7) is 0. The second-order valence-corrected chi connectivity index (χ2v) is 8.85. The summed E-state index contributed by atoms with van der Waals surface area (Å²) >= 11 is 2.99. The number of nitrogens with zero attached hydrogens (tertiary/aromatic N) is 3. The van der Waals surface area contributed by atoms with E-state index in [0.29, 0.717) is 5.82 Å². The van der Waals surface area contributed by atoms with Crippen LogP contribution in [0.3, 0.4) is 0 Å². The summed E-state index contributed by atoms with van der Waals surface area (Å²) in [4.78, 5) is 23.0. The van der Waals surface area contributed by atoms with Crippen LogP contribution in [0.2, 0.25) is 0 Å². The minimum absolute atomic E-state index is 0.117. The molecule has 1 aliphatic rings. The van der Waals surface area contributed by atoms with E-state index in [1.165, 1.54) is 11.8 Å². The van der Waals surface area contributed by atoms with E-state index in [-0.39, 0.29) is 11.7 Å². The first-order valence-corrected chi connectivity index (χ1v) is 11.2. The van der Waals surface area contributed by atoms with E-state index in [0.717, 1.165) is 52.9 Å². The summed E-state index contributed by atoms with van der Waals surface area (Å²) in [5, 5.41) is 16.3. The number of rotatable bonds is 5. The number of nitrogens with one attached hydrogen (secondary N) is 1. The topological polar surface area (TPSA) is 78.7 Å². The van der Waals surface area contributed by atoms with Crippen molar-refractivity contribution in [3.8, 4) is 16.8 Å². The zero-order chi connectivity index (χ0) is 19.4. The number of carbonyl (C=O) groups excluding carboxylic acids is 1. The monoisotopic (exact) mass is 408 g/mol. The molecule has 1 saturated carbocycles. The van der Waals surface area contributed by atoms with Crippen LogP contribution >= 0.6 is 23.1 Å². The molecule has 1 N–H and O–H groups in total. The fraction of sp³-hybridized carbons (Fsp3) is 0.333. The zero-order valence-electron chi connectivity index (χ0n) is 15.4. The average molecular weight is 409 g/mol. The molecule has 2 aromatic heterocycles. The number of hydrogen-bond acceptors (Lipinski definition) is 6. The van der Waals surface area contributed by atoms with Crippen LogP contribution in [0.5, 0.6) is 0 Å². The van der Waals surface area contributed by atoms with E-state index in [1.807, 2.05) is 41.8 Å². The van der Waals surface area contributed by atoms with Gasteiger partial charge in [-0.3, -0.25) is 4.79 Å². The van der Waals surface area contributed by atoms with Crippen molar-refractivity contribution in [3.63, 3.8) is 0 Å². The number of benzene rings is 1. The first-order valence-electron chi connectivity index (χ1n) is 9.35. The van der Waals surface area contributed by atoms with E-state index < -0.39 is 5.54 Å². The molecule has 28 heavy (non-hydrogen) atoms. The number of fused-ring (bicyclic) bond motifs is 1. The summed E-state index contributed by atoms with van der Waals surface area (Å²) in [5.41, 5.74) is 0.163. The van der Waals surface area contributed by atoms with Crippen molar-refractivity contribution in [3.05, 3.63) is 41.8 Å². The Balaban J connectivity index is 1.54. The van der Waals surface area contributed by atoms with Gasteiger partial charge in [0, 0.05) is 5.39 Å². The van der Waals surface area contributed by atoms with E-state index in [9.17, 15) is 10.1 Å². The summed E-state index contributed by atoms with van der Waals surface area (Å²) in [5.74, 6) is 0.792. The molecule has 1 aliphatic carbocycles. The maximum absolute atomic E-state index is 12.6. The lowest BCUT2D eigenvalue weighted by Crippen LogP contribution is -2.49. The molecule has 0 saturated heterocycles. The Bertz CT molecular complexity index is 1020. The molecule has 0 aliphatic heterocycles. The second-order valence-electron chi connectivity index (χ2n) is 6.94. The maximum atomic E-state index is 12.6. The zero-order valence-corrected chi connectivity index (χ0v) is 17.0. The molecule has 4 rings (SSSR count). The summed E-state index contributed by atoms with van der Waals surface area (Å²) < 4.78 is 0. The van der Waals surface area contributed by atoms with Crippen LogP contribution in [0.4, 0.5) is 0 Å². The molecule has 1 aromatic carbocycles. The molecule has 0 spiro atoms. The number of aromatic nitrogens is 2. The second kappa shape index (κ2) is 8.29. The van der Waals surface area contributed by atoms with Gasteiger partial charge in [0.25, 0.3) is 0 Å². The van der Waals surface area contributed by atoms with E-state index in [4.69, 9.17) is 4.98 Å². The molecule has 142 valence electrons. The van der Waals surface area contributed by atoms with E-state index >= 15 is 0 Å². The molecule has 1 fully saturated rings. The Morgan fingerprint density at radius 1 is 1.18 bits per heavy atom. The number of thiophene rings is 1. The summed E-state index contributed by atoms with van der Waals surface area (Å²) in [6, 6.07) is 14.2. The largest absolute Gasteiger partial charge is 0.337 e. The van der Waals surface area contributed by atoms with Gasteiger partial charge in [0.05, 0.1) is 22.2 Å². The molecule has 3 aromatic rings. The van der Waals surface area contributed by atoms with Gasteiger partial charge in [-0.1, -0.05) is 55.3 Å². The third-order valence-corrected chi connectivity index (χ3v) is 6.81. The Hall–Kier alpha value is -2.43. The minimum Gasteiger partial charge on any atom is -0.337 e. The lowest BCUT2D eigenvalue weighted by molar-refractivity contribution is -0.120. The number of thioether (sulfide) groups is 1. The van der Waals surface area contributed by atoms with Crippen LogP contribution in [0.1, 0.15) is 32.1 Å². The Morgan fingerprint density at radius 2 is 2.00 bits per heavy atom. The molecule has 0 bridgehead atoms. The Morgan fingerprint density at radius 3 is 2.75 bits per heavy atom. The SMILES string of the molecule is N#CC1(NC(=O)CSc2nc(-c3cccs3)nc3ccccc23)CCCCC1. The highest BCUT2D eigenvalue weighted by molar-refractivity contribution is 8.00. The Kier molecular flexibility index (Phi) is 5.60. The van der Waals surface area contributed by atoms with Gasteiger partial charge in [0.15, 0.2) is 5.82 Å². The molecule has 0 radical (unpaired) electrons. The molecular formula is C21H20N4OS2. The predicted octanol–water partition coefficient (Wildman–Crippen LogP) is 4.79. The van der Waals surface area contributed by atoms with Crippen molar-refractivity contribution < 1.29 is 4.79 Å². The third kappa shape index (κ3) is 4.03. The van der Waals surface area contributed by atoms with Crippen LogP contribution in [0, 0.1) is 11.3 Å². The molecule has 0 atom stereocenters. The molecule has 0 unspecified atom stereocenters. The number of nitriles is 1. The van der Waals surface area contributed by atoms with Gasteiger partial charge in [-0.05, 0) is 30.4 Å². The molecular weight excluding hydrogens is 388 g/mol. The van der Waals surface area contributed by atoms with Crippen LogP contribution in [0.15, 0.2) is 46.8 Å². The highest BCUT2D eigenvalue weighted by Gasteiger charge is 2.33. The summed E-state index contributed by atoms with van der Waals surface area (Å²) in [6.07, 6.45) is 4.58. The maximum Gasteiger partial charge on any atom is 0.231 e. The van der Waals surface area contributed by atoms with Gasteiger partial charge < -0.3 is 5.32 Å². The van der Waals surface area contributed by atoms with Crippen molar-refractivity contribution in [2.45, 2.75) is 42.7 Å². The van der Waals surface area contributed by atoms with Crippen molar-refractivity contribution >= 4 is 39.9 Å². The quantitative estimate of drug-likeness (QED) is 0.485. The van der Waals surface area contributed by atoms with Gasteiger partial charge in [-0.2, -0.15) is 5.26 Å². The predicted molar refractivity (Wildman–Crippen MR) is 113 cm³/mol. The highest BCUT2D eigenvalue weighted by atomic mass is 32.2. The van der Waals surface area contributed by atoms with E-state index in [1.54, 1.807) is 11.3 Å². The summed E-state index contributed by atoms with van der Waals surface area (Å²) in [7, 11) is 0. The molecule has 5 nitrogen and oxygen atoms in total. The van der Waals surface area contributed by atoms with Gasteiger partial charge in [-0.15, -0.1) is 11.3 Å². The standard InChI is InChI=1S/C21H20N4OS2/c22-14-21(10-4-1-5-11-21)25-18(26)13-28-20-15-7-2-3-8-16(15)23-19(24-20)17-9-6-12-27-17/h2-3,6-9,12H,1,4-5,10-11,13H2,(H,25,26). The number of para-hydroxylation sites is 1. The van der Waals surface area contributed by atoms with Crippen molar-refractivity contribution in [1.29, 1.82) is 5.26 Å². The van der Waals surface area contributed by atoms with Gasteiger partial charge in [-0.25, -0.2) is 9.97 Å². The number of carbonyl (C=O) groups is 1. The van der Waals surface area contributed by atoms with Crippen LogP contribution < -0.4 is 5.32 Å². The Labute approximate surface area is 172 Å². The van der Waals surface area contributed by atoms with E-state index in [2.05, 4.69) is 16.4 Å². The van der Waals surface area contributed by atoms with Gasteiger partial charge in [0.1, 0.15) is 10.6 Å². The fourth-order valence-corrected chi connectivity index (χ4v) is 5.01. The van der Waals surface area contributed by atoms with Crippen molar-refractivity contribution in [1.82, 2.24) is 15.3 Å². The first kappa shape index (κ1) is 18.9. The lowest BCUT2D eigenvalue weighted by atomic mass is 9.83. The smallest absolute Gasteiger partial charge is 0.231 e. The fourth-order valence-electron chi connectivity index (χ4n) is 3.53. The molecule has 2 heterocycles. The normalized spacial score (nSPS) is 15.8. The minimum atomic E-state index is -0.703. The van der Waals surface area contributed by atoms with Crippen LogP contribution in [-0.2, 0) is 4.79 Å². The van der Waals surface area contributed by atoms with Crippen LogP contribution in [-0.4, -0.2) is 27.2 Å². The third-order valence-electron chi connectivity index (χ3n) is 4.95.